The lowest BCUT2D eigenvalue weighted by Crippen LogP contribution is -2.54. The van der Waals surface area contributed by atoms with Crippen LogP contribution in [0.1, 0.15) is 83.4 Å². The molecule has 0 bridgehead atoms. The van der Waals surface area contributed by atoms with Crippen LogP contribution in [-0.2, 0) is 6.54 Å². The first-order valence-electron chi connectivity index (χ1n) is 12.4. The van der Waals surface area contributed by atoms with E-state index in [1.165, 1.54) is 36.8 Å². The maximum absolute atomic E-state index is 11.5. The van der Waals surface area contributed by atoms with Crippen molar-refractivity contribution in [1.82, 2.24) is 9.78 Å². The van der Waals surface area contributed by atoms with Gasteiger partial charge in [0, 0.05) is 23.7 Å². The first kappa shape index (κ1) is 20.8. The Bertz CT molecular complexity index is 844. The first-order chi connectivity index (χ1) is 14.3. The summed E-state index contributed by atoms with van der Waals surface area (Å²) >= 11 is 0. The Morgan fingerprint density at radius 3 is 2.60 bits per heavy atom. The van der Waals surface area contributed by atoms with Gasteiger partial charge in [-0.15, -0.1) is 0 Å². The molecule has 1 aromatic rings. The average Bonchev–Trinajstić information content (AvgIpc) is 3.20. The van der Waals surface area contributed by atoms with Gasteiger partial charge >= 0.3 is 0 Å². The molecule has 4 saturated carbocycles. The summed E-state index contributed by atoms with van der Waals surface area (Å²) in [5, 5.41) is 26.3. The van der Waals surface area contributed by atoms with E-state index in [4.69, 9.17) is 0 Å². The van der Waals surface area contributed by atoms with Crippen LogP contribution < -0.4 is 0 Å². The van der Waals surface area contributed by atoms with E-state index in [9.17, 15) is 10.2 Å². The molecule has 2 N–H and O–H groups in total. The van der Waals surface area contributed by atoms with Gasteiger partial charge in [-0.1, -0.05) is 13.8 Å². The van der Waals surface area contributed by atoms with Crippen molar-refractivity contribution >= 4 is 6.08 Å². The van der Waals surface area contributed by atoms with Crippen molar-refractivity contribution in [3.63, 3.8) is 0 Å². The van der Waals surface area contributed by atoms with Crippen LogP contribution in [0.2, 0.25) is 0 Å². The molecule has 5 rings (SSSR count). The number of fused-ring (bicyclic) bond motifs is 5. The number of nitrogens with zero attached hydrogens (tertiary/aromatic N) is 2. The summed E-state index contributed by atoms with van der Waals surface area (Å²) in [4.78, 5) is 0. The number of aryl methyl sites for hydroxylation is 2. The van der Waals surface area contributed by atoms with Crippen molar-refractivity contribution < 1.29 is 10.2 Å². The van der Waals surface area contributed by atoms with Crippen molar-refractivity contribution in [3.05, 3.63) is 23.0 Å². The van der Waals surface area contributed by atoms with E-state index in [1.54, 1.807) is 0 Å². The molecule has 166 valence electrons. The van der Waals surface area contributed by atoms with E-state index in [1.807, 2.05) is 4.68 Å². The third kappa shape index (κ3) is 2.97. The van der Waals surface area contributed by atoms with Gasteiger partial charge in [0.1, 0.15) is 0 Å². The first-order valence-corrected chi connectivity index (χ1v) is 12.4. The molecule has 0 saturated heterocycles. The molecule has 0 aromatic carbocycles. The molecular weight excluding hydrogens is 372 g/mol. The topological polar surface area (TPSA) is 58.3 Å². The third-order valence-electron chi connectivity index (χ3n) is 10.2. The van der Waals surface area contributed by atoms with Gasteiger partial charge in [-0.3, -0.25) is 4.68 Å². The molecule has 0 amide bonds. The Labute approximate surface area is 181 Å². The molecule has 4 aliphatic rings. The molecule has 4 aliphatic carbocycles. The molecule has 0 radical (unpaired) electrons. The number of rotatable bonds is 2. The highest BCUT2D eigenvalue weighted by Gasteiger charge is 2.61. The Hall–Kier alpha value is -1.13. The van der Waals surface area contributed by atoms with E-state index in [0.29, 0.717) is 17.3 Å². The van der Waals surface area contributed by atoms with Crippen LogP contribution in [0.5, 0.6) is 0 Å². The number of aromatic nitrogens is 2. The van der Waals surface area contributed by atoms with Crippen molar-refractivity contribution in [2.45, 2.75) is 97.8 Å². The summed E-state index contributed by atoms with van der Waals surface area (Å²) < 4.78 is 1.99. The molecular formula is C26H40N2O2. The van der Waals surface area contributed by atoms with E-state index < -0.39 is 0 Å². The molecule has 4 fully saturated rings. The molecule has 8 unspecified atom stereocenters. The van der Waals surface area contributed by atoms with Crippen molar-refractivity contribution in [1.29, 1.82) is 0 Å². The standard InChI is InChI=1S/C26H40N2O2/c1-5-28-15-18(16(2)27-28)12-17-13-23-21-7-6-19-14-20(29)8-10-25(19,3)22(21)9-11-26(23,4)24(17)30/h12,15,19-24,29-30H,5-11,13-14H2,1-4H3/b17-12-. The Kier molecular flexibility index (Phi) is 4.98. The van der Waals surface area contributed by atoms with Gasteiger partial charge in [0.2, 0.25) is 0 Å². The van der Waals surface area contributed by atoms with Gasteiger partial charge in [-0.25, -0.2) is 0 Å². The fourth-order valence-corrected chi connectivity index (χ4v) is 8.27. The fraction of sp³-hybridized carbons (Fsp3) is 0.808. The molecule has 8 atom stereocenters. The van der Waals surface area contributed by atoms with E-state index in [2.05, 4.69) is 45.1 Å². The molecule has 1 heterocycles. The molecule has 4 nitrogen and oxygen atoms in total. The number of hydrogen-bond acceptors (Lipinski definition) is 3. The Balaban J connectivity index is 1.44. The lowest BCUT2D eigenvalue weighted by molar-refractivity contribution is -0.133. The quantitative estimate of drug-likeness (QED) is 0.721. The maximum Gasteiger partial charge on any atom is 0.0809 e. The summed E-state index contributed by atoms with van der Waals surface area (Å²) in [5.74, 6) is 2.76. The van der Waals surface area contributed by atoms with Crippen LogP contribution in [0.25, 0.3) is 6.08 Å². The second-order valence-corrected chi connectivity index (χ2v) is 11.5. The van der Waals surface area contributed by atoms with Crippen LogP contribution in [-0.4, -0.2) is 32.2 Å². The maximum atomic E-state index is 11.5. The van der Waals surface area contributed by atoms with Gasteiger partial charge in [0.25, 0.3) is 0 Å². The highest BCUT2D eigenvalue weighted by Crippen LogP contribution is 2.67. The van der Waals surface area contributed by atoms with Gasteiger partial charge in [-0.2, -0.15) is 5.10 Å². The van der Waals surface area contributed by atoms with Crippen LogP contribution in [0, 0.1) is 41.4 Å². The third-order valence-corrected chi connectivity index (χ3v) is 10.2. The van der Waals surface area contributed by atoms with Crippen molar-refractivity contribution in [2.24, 2.45) is 34.5 Å². The average molecular weight is 413 g/mol. The SMILES string of the molecule is CCn1cc(/C=C2/CC3C4CCC5CC(O)CCC5(C)C4CCC3(C)C2O)c(C)n1. The van der Waals surface area contributed by atoms with Crippen LogP contribution in [0.4, 0.5) is 0 Å². The highest BCUT2D eigenvalue weighted by molar-refractivity contribution is 5.56. The molecule has 4 heteroatoms. The van der Waals surface area contributed by atoms with E-state index >= 15 is 0 Å². The normalized spacial score (nSPS) is 47.1. The Morgan fingerprint density at radius 1 is 1.10 bits per heavy atom. The zero-order valence-electron chi connectivity index (χ0n) is 19.3. The summed E-state index contributed by atoms with van der Waals surface area (Å²) in [6.45, 7) is 9.97. The fourth-order valence-electron chi connectivity index (χ4n) is 8.27. The lowest BCUT2D eigenvalue weighted by atomic mass is 9.45. The molecule has 0 spiro atoms. The van der Waals surface area contributed by atoms with Gasteiger partial charge < -0.3 is 10.2 Å². The molecule has 1 aromatic heterocycles. The predicted molar refractivity (Wildman–Crippen MR) is 120 cm³/mol. The monoisotopic (exact) mass is 412 g/mol. The van der Waals surface area contributed by atoms with Crippen molar-refractivity contribution in [3.8, 4) is 0 Å². The summed E-state index contributed by atoms with van der Waals surface area (Å²) in [6, 6.07) is 0. The van der Waals surface area contributed by atoms with Crippen molar-refractivity contribution in [2.75, 3.05) is 0 Å². The number of aliphatic hydroxyl groups is 2. The lowest BCUT2D eigenvalue weighted by Gasteiger charge is -2.60. The highest BCUT2D eigenvalue weighted by atomic mass is 16.3. The van der Waals surface area contributed by atoms with Gasteiger partial charge in [-0.05, 0) is 106 Å². The van der Waals surface area contributed by atoms with Gasteiger partial charge in [0.05, 0.1) is 17.9 Å². The zero-order valence-corrected chi connectivity index (χ0v) is 19.3. The number of hydrogen-bond donors (Lipinski definition) is 2. The molecule has 30 heavy (non-hydrogen) atoms. The predicted octanol–water partition coefficient (Wildman–Crippen LogP) is 4.97. The molecule has 0 aliphatic heterocycles. The van der Waals surface area contributed by atoms with E-state index in [-0.39, 0.29) is 17.6 Å². The number of aliphatic hydroxyl groups excluding tert-OH is 2. The smallest absolute Gasteiger partial charge is 0.0809 e. The van der Waals surface area contributed by atoms with Gasteiger partial charge in [0.15, 0.2) is 0 Å². The zero-order chi connectivity index (χ0) is 21.3. The van der Waals surface area contributed by atoms with Crippen LogP contribution in [0.15, 0.2) is 11.8 Å². The van der Waals surface area contributed by atoms with Crippen LogP contribution >= 0.6 is 0 Å². The summed E-state index contributed by atoms with van der Waals surface area (Å²) in [7, 11) is 0. The minimum Gasteiger partial charge on any atom is -0.393 e. The van der Waals surface area contributed by atoms with Crippen LogP contribution in [0.3, 0.4) is 0 Å². The summed E-state index contributed by atoms with van der Waals surface area (Å²) in [5.41, 5.74) is 3.86. The summed E-state index contributed by atoms with van der Waals surface area (Å²) in [6.07, 6.45) is 13.1. The second-order valence-electron chi connectivity index (χ2n) is 11.5. The second kappa shape index (κ2) is 7.20. The largest absolute Gasteiger partial charge is 0.393 e. The minimum atomic E-state index is -0.327. The Morgan fingerprint density at radius 2 is 1.87 bits per heavy atom. The van der Waals surface area contributed by atoms with E-state index in [0.717, 1.165) is 49.8 Å². The minimum absolute atomic E-state index is 0.0129.